The summed E-state index contributed by atoms with van der Waals surface area (Å²) in [5, 5.41) is 28.1. The summed E-state index contributed by atoms with van der Waals surface area (Å²) in [6, 6.07) is 20.1. The lowest BCUT2D eigenvalue weighted by molar-refractivity contribution is 0.260. The molecule has 0 atom stereocenters. The molecule has 0 aliphatic carbocycles. The van der Waals surface area contributed by atoms with Crippen LogP contribution in [0.5, 0.6) is 11.5 Å². The summed E-state index contributed by atoms with van der Waals surface area (Å²) in [5.74, 6) is 1.36. The van der Waals surface area contributed by atoms with E-state index in [1.54, 1.807) is 51.0 Å². The maximum absolute atomic E-state index is 13.7. The number of nitrogens with zero attached hydrogens (tertiary/aromatic N) is 4. The topological polar surface area (TPSA) is 120 Å². The van der Waals surface area contributed by atoms with Gasteiger partial charge in [-0.25, -0.2) is 4.98 Å². The van der Waals surface area contributed by atoms with Crippen LogP contribution < -0.4 is 15.0 Å². The zero-order chi connectivity index (χ0) is 28.5. The highest BCUT2D eigenvalue weighted by Crippen LogP contribution is 2.41. The van der Waals surface area contributed by atoms with Gasteiger partial charge >= 0.3 is 0 Å². The molecule has 2 N–H and O–H groups in total. The van der Waals surface area contributed by atoms with Crippen molar-refractivity contribution < 1.29 is 19.7 Å². The van der Waals surface area contributed by atoms with Crippen LogP contribution >= 0.6 is 12.4 Å². The Bertz CT molecular complexity index is 1970. The lowest BCUT2D eigenvalue weighted by Crippen LogP contribution is -2.23. The molecule has 0 amide bonds. The van der Waals surface area contributed by atoms with Gasteiger partial charge in [0.05, 0.1) is 32.8 Å². The molecule has 9 nitrogen and oxygen atoms in total. The van der Waals surface area contributed by atoms with Gasteiger partial charge in [-0.05, 0) is 81.6 Å². The van der Waals surface area contributed by atoms with E-state index >= 15 is 0 Å². The number of aliphatic hydroxyl groups is 2. The van der Waals surface area contributed by atoms with Crippen LogP contribution in [0.3, 0.4) is 0 Å². The van der Waals surface area contributed by atoms with Gasteiger partial charge in [-0.15, -0.1) is 12.4 Å². The second-order valence-corrected chi connectivity index (χ2v) is 9.39. The van der Waals surface area contributed by atoms with Crippen molar-refractivity contribution in [2.45, 2.75) is 13.2 Å². The predicted octanol–water partition coefficient (Wildman–Crippen LogP) is 5.09. The van der Waals surface area contributed by atoms with Crippen LogP contribution in [0.15, 0.2) is 90.1 Å². The monoisotopic (exact) mass is 582 g/mol. The zero-order valence-electron chi connectivity index (χ0n) is 22.8. The first-order valence-electron chi connectivity index (χ1n) is 12.9. The number of aliphatic hydroxyl groups excluding tert-OH is 2. The second-order valence-electron chi connectivity index (χ2n) is 9.39. The Morgan fingerprint density at radius 1 is 0.810 bits per heavy atom. The van der Waals surface area contributed by atoms with Crippen LogP contribution in [0, 0.1) is 0 Å². The van der Waals surface area contributed by atoms with E-state index in [1.165, 1.54) is 4.68 Å². The highest BCUT2D eigenvalue weighted by atomic mass is 35.5. The Labute approximate surface area is 247 Å². The van der Waals surface area contributed by atoms with Crippen molar-refractivity contribution in [1.29, 1.82) is 0 Å². The zero-order valence-corrected chi connectivity index (χ0v) is 23.6. The molecule has 0 spiro atoms. The summed E-state index contributed by atoms with van der Waals surface area (Å²) in [7, 11) is 3.11. The van der Waals surface area contributed by atoms with Gasteiger partial charge in [0.15, 0.2) is 17.3 Å². The van der Waals surface area contributed by atoms with Gasteiger partial charge in [-0.3, -0.25) is 9.78 Å². The van der Waals surface area contributed by atoms with Crippen LogP contribution in [-0.4, -0.2) is 44.2 Å². The number of methoxy groups -OCH3 is 2. The summed E-state index contributed by atoms with van der Waals surface area (Å²) in [6.45, 7) is -0.586. The Morgan fingerprint density at radius 2 is 1.57 bits per heavy atom. The highest BCUT2D eigenvalue weighted by molar-refractivity contribution is 6.01. The summed E-state index contributed by atoms with van der Waals surface area (Å²) in [4.78, 5) is 22.4. The fraction of sp³-hybridized carbons (Fsp3) is 0.125. The van der Waals surface area contributed by atoms with Crippen LogP contribution in [0.2, 0.25) is 0 Å². The number of rotatable bonds is 7. The van der Waals surface area contributed by atoms with Gasteiger partial charge in [0.1, 0.15) is 5.69 Å². The van der Waals surface area contributed by atoms with E-state index in [4.69, 9.17) is 14.6 Å². The molecule has 3 heterocycles. The lowest BCUT2D eigenvalue weighted by Gasteiger charge is -2.18. The Morgan fingerprint density at radius 3 is 2.26 bits per heavy atom. The van der Waals surface area contributed by atoms with E-state index in [9.17, 15) is 15.0 Å². The molecule has 0 fully saturated rings. The number of hydrogen-bond donors (Lipinski definition) is 2. The van der Waals surface area contributed by atoms with Gasteiger partial charge in [0.25, 0.3) is 5.56 Å². The number of halogens is 1. The molecule has 6 rings (SSSR count). The summed E-state index contributed by atoms with van der Waals surface area (Å²) >= 11 is 0. The van der Waals surface area contributed by atoms with Crippen molar-refractivity contribution in [2.75, 3.05) is 14.2 Å². The number of benzene rings is 3. The second kappa shape index (κ2) is 12.0. The first-order valence-corrected chi connectivity index (χ1v) is 12.9. The molecule has 6 aromatic rings. The van der Waals surface area contributed by atoms with Gasteiger partial charge in [0, 0.05) is 29.5 Å². The van der Waals surface area contributed by atoms with Crippen LogP contribution in [0.25, 0.3) is 49.7 Å². The molecule has 0 aliphatic heterocycles. The van der Waals surface area contributed by atoms with E-state index in [0.717, 1.165) is 16.3 Å². The fourth-order valence-electron chi connectivity index (χ4n) is 5.23. The quantitative estimate of drug-likeness (QED) is 0.267. The van der Waals surface area contributed by atoms with E-state index in [-0.39, 0.29) is 31.2 Å². The minimum Gasteiger partial charge on any atom is -0.493 e. The minimum atomic E-state index is -0.319. The fourth-order valence-corrected chi connectivity index (χ4v) is 5.23. The molecular formula is C32H27ClN4O5. The van der Waals surface area contributed by atoms with E-state index < -0.39 is 0 Å². The molecule has 0 bridgehead atoms. The van der Waals surface area contributed by atoms with Crippen molar-refractivity contribution >= 4 is 34.0 Å². The Kier molecular flexibility index (Phi) is 8.17. The molecule has 0 radical (unpaired) electrons. The maximum atomic E-state index is 13.7. The SMILES string of the molecule is COc1cc2cc(CO)c(CO)c(-c3ccnc(-n4nc(-c5cccnc5)c5ccccc5c4=O)c3)c2cc1OC.Cl. The van der Waals surface area contributed by atoms with Gasteiger partial charge in [-0.1, -0.05) is 18.2 Å². The van der Waals surface area contributed by atoms with Gasteiger partial charge in [0.2, 0.25) is 0 Å². The number of aromatic nitrogens is 4. The standard InChI is InChI=1S/C32H26N4O5.ClH/c1-40-27-13-21-12-22(17-37)26(18-38)30(25(21)15-28(27)41-2)19-9-11-34-29(14-19)36-32(39)24-8-4-3-7-23(24)31(35-36)20-6-5-10-33-16-20;/h3-16,37-38H,17-18H2,1-2H3;1H. The first kappa shape index (κ1) is 28.7. The average molecular weight is 583 g/mol. The van der Waals surface area contributed by atoms with E-state index in [2.05, 4.69) is 9.97 Å². The Hall–Kier alpha value is -4.83. The molecule has 10 heteroatoms. The van der Waals surface area contributed by atoms with E-state index in [0.29, 0.717) is 56.0 Å². The Balaban J connectivity index is 0.00000353. The third-order valence-electron chi connectivity index (χ3n) is 7.16. The number of hydrogen-bond acceptors (Lipinski definition) is 8. The maximum Gasteiger partial charge on any atom is 0.280 e. The largest absolute Gasteiger partial charge is 0.493 e. The van der Waals surface area contributed by atoms with Gasteiger partial charge < -0.3 is 19.7 Å². The van der Waals surface area contributed by atoms with Crippen molar-refractivity contribution in [1.82, 2.24) is 19.7 Å². The predicted molar refractivity (Wildman–Crippen MR) is 164 cm³/mol. The molecule has 42 heavy (non-hydrogen) atoms. The summed E-state index contributed by atoms with van der Waals surface area (Å²) in [5.41, 5.74) is 3.52. The third-order valence-corrected chi connectivity index (χ3v) is 7.16. The third kappa shape index (κ3) is 4.83. The number of fused-ring (bicyclic) bond motifs is 2. The number of ether oxygens (including phenoxy) is 2. The molecular weight excluding hydrogens is 556 g/mol. The molecule has 3 aromatic carbocycles. The first-order chi connectivity index (χ1) is 20.1. The van der Waals surface area contributed by atoms with Crippen molar-refractivity contribution in [3.05, 3.63) is 107 Å². The van der Waals surface area contributed by atoms with E-state index in [1.807, 2.05) is 48.5 Å². The molecule has 0 unspecified atom stereocenters. The van der Waals surface area contributed by atoms with Crippen LogP contribution in [-0.2, 0) is 13.2 Å². The summed E-state index contributed by atoms with van der Waals surface area (Å²) in [6.07, 6.45) is 4.98. The van der Waals surface area contributed by atoms with Gasteiger partial charge in [-0.2, -0.15) is 9.78 Å². The molecule has 0 aliphatic rings. The minimum absolute atomic E-state index is 0. The van der Waals surface area contributed by atoms with Crippen molar-refractivity contribution in [3.8, 4) is 39.7 Å². The highest BCUT2D eigenvalue weighted by Gasteiger charge is 2.19. The number of pyridine rings is 2. The van der Waals surface area contributed by atoms with Crippen molar-refractivity contribution in [3.63, 3.8) is 0 Å². The molecule has 212 valence electrons. The summed E-state index contributed by atoms with van der Waals surface area (Å²) < 4.78 is 12.3. The molecule has 0 saturated heterocycles. The van der Waals surface area contributed by atoms with Crippen molar-refractivity contribution in [2.24, 2.45) is 0 Å². The van der Waals surface area contributed by atoms with Crippen LogP contribution in [0.1, 0.15) is 11.1 Å². The van der Waals surface area contributed by atoms with Crippen LogP contribution in [0.4, 0.5) is 0 Å². The average Bonchev–Trinajstić information content (AvgIpc) is 3.03. The molecule has 3 aromatic heterocycles. The lowest BCUT2D eigenvalue weighted by atomic mass is 9.90. The smallest absolute Gasteiger partial charge is 0.280 e. The molecule has 0 saturated carbocycles. The normalized spacial score (nSPS) is 11.0.